The molecule has 118 valence electrons. The van der Waals surface area contributed by atoms with E-state index in [1.54, 1.807) is 0 Å². The van der Waals surface area contributed by atoms with E-state index in [2.05, 4.69) is 51.9 Å². The summed E-state index contributed by atoms with van der Waals surface area (Å²) in [6.45, 7) is 14.8. The van der Waals surface area contributed by atoms with Gasteiger partial charge in [0.25, 0.3) is 0 Å². The second-order valence-corrected chi connectivity index (χ2v) is 8.22. The van der Waals surface area contributed by atoms with Crippen molar-refractivity contribution in [1.29, 1.82) is 0 Å². The average molecular weight is 281 g/mol. The second kappa shape index (κ2) is 6.36. The van der Waals surface area contributed by atoms with Gasteiger partial charge in [-0.25, -0.2) is 0 Å². The van der Waals surface area contributed by atoms with Crippen LogP contribution in [0.15, 0.2) is 0 Å². The monoisotopic (exact) mass is 280 g/mol. The molecule has 0 aromatic heterocycles. The van der Waals surface area contributed by atoms with Gasteiger partial charge in [0, 0.05) is 25.2 Å². The molecule has 0 aromatic rings. The summed E-state index contributed by atoms with van der Waals surface area (Å²) in [5, 5.41) is 3.61. The van der Waals surface area contributed by atoms with Crippen LogP contribution in [0.5, 0.6) is 0 Å². The van der Waals surface area contributed by atoms with Gasteiger partial charge in [-0.1, -0.05) is 41.0 Å². The van der Waals surface area contributed by atoms with Crippen LogP contribution in [-0.2, 0) is 0 Å². The van der Waals surface area contributed by atoms with E-state index in [0.29, 0.717) is 11.5 Å². The minimum Gasteiger partial charge on any atom is -0.315 e. The lowest BCUT2D eigenvalue weighted by Crippen LogP contribution is -2.53. The predicted octanol–water partition coefficient (Wildman–Crippen LogP) is 3.77. The first-order valence-corrected chi connectivity index (χ1v) is 8.80. The molecule has 2 heteroatoms. The first-order chi connectivity index (χ1) is 9.39. The molecule has 1 saturated heterocycles. The molecule has 1 heterocycles. The largest absolute Gasteiger partial charge is 0.315 e. The van der Waals surface area contributed by atoms with E-state index < -0.39 is 0 Å². The topological polar surface area (TPSA) is 15.3 Å². The highest BCUT2D eigenvalue weighted by molar-refractivity contribution is 4.97. The fourth-order valence-electron chi connectivity index (χ4n) is 4.33. The van der Waals surface area contributed by atoms with Crippen molar-refractivity contribution in [3.63, 3.8) is 0 Å². The Morgan fingerprint density at radius 2 is 1.70 bits per heavy atom. The van der Waals surface area contributed by atoms with Crippen molar-refractivity contribution in [1.82, 2.24) is 10.2 Å². The molecule has 20 heavy (non-hydrogen) atoms. The Balaban J connectivity index is 2.07. The Morgan fingerprint density at radius 1 is 1.10 bits per heavy atom. The van der Waals surface area contributed by atoms with Crippen LogP contribution < -0.4 is 5.32 Å². The number of rotatable bonds is 4. The quantitative estimate of drug-likeness (QED) is 0.843. The van der Waals surface area contributed by atoms with Crippen molar-refractivity contribution >= 4 is 0 Å². The average Bonchev–Trinajstić information content (AvgIpc) is 2.77. The molecule has 0 bridgehead atoms. The Kier molecular flexibility index (Phi) is 5.18. The molecule has 0 radical (unpaired) electrons. The third-order valence-electron chi connectivity index (χ3n) is 6.69. The van der Waals surface area contributed by atoms with Crippen LogP contribution in [0.3, 0.4) is 0 Å². The molecule has 1 N–H and O–H groups in total. The van der Waals surface area contributed by atoms with Crippen LogP contribution in [0, 0.1) is 23.2 Å². The van der Waals surface area contributed by atoms with Crippen LogP contribution in [0.4, 0.5) is 0 Å². The maximum atomic E-state index is 3.61. The molecule has 1 aliphatic carbocycles. The van der Waals surface area contributed by atoms with Gasteiger partial charge in [0.05, 0.1) is 0 Å². The Bertz CT molecular complexity index is 303. The van der Waals surface area contributed by atoms with Crippen LogP contribution in [0.25, 0.3) is 0 Å². The maximum Gasteiger partial charge on any atom is 0.0252 e. The van der Waals surface area contributed by atoms with E-state index in [9.17, 15) is 0 Å². The first-order valence-electron chi connectivity index (χ1n) is 8.80. The lowest BCUT2D eigenvalue weighted by atomic mass is 9.67. The molecule has 2 rings (SSSR count). The van der Waals surface area contributed by atoms with Gasteiger partial charge < -0.3 is 5.32 Å². The van der Waals surface area contributed by atoms with Gasteiger partial charge in [-0.2, -0.15) is 0 Å². The summed E-state index contributed by atoms with van der Waals surface area (Å²) >= 11 is 0. The highest BCUT2D eigenvalue weighted by atomic mass is 15.2. The molecule has 2 nitrogen and oxygen atoms in total. The summed E-state index contributed by atoms with van der Waals surface area (Å²) in [6, 6.07) is 1.47. The van der Waals surface area contributed by atoms with Crippen molar-refractivity contribution in [3.05, 3.63) is 0 Å². The third-order valence-corrected chi connectivity index (χ3v) is 6.69. The Hall–Kier alpha value is -0.0800. The van der Waals surface area contributed by atoms with Crippen molar-refractivity contribution < 1.29 is 0 Å². The van der Waals surface area contributed by atoms with Gasteiger partial charge in [-0.3, -0.25) is 4.90 Å². The highest BCUT2D eigenvalue weighted by Gasteiger charge is 2.41. The van der Waals surface area contributed by atoms with E-state index in [1.165, 1.54) is 38.8 Å². The summed E-state index contributed by atoms with van der Waals surface area (Å²) in [7, 11) is 2.16. The van der Waals surface area contributed by atoms with Crippen LogP contribution in [0.1, 0.15) is 60.3 Å². The lowest BCUT2D eigenvalue weighted by Gasteiger charge is -2.46. The smallest absolute Gasteiger partial charge is 0.0252 e. The zero-order valence-corrected chi connectivity index (χ0v) is 14.6. The first kappa shape index (κ1) is 16.3. The Morgan fingerprint density at radius 3 is 2.20 bits per heavy atom. The van der Waals surface area contributed by atoms with E-state index in [-0.39, 0.29) is 0 Å². The van der Waals surface area contributed by atoms with Gasteiger partial charge in [-0.15, -0.1) is 0 Å². The van der Waals surface area contributed by atoms with Gasteiger partial charge in [0.2, 0.25) is 0 Å². The van der Waals surface area contributed by atoms with Crippen molar-refractivity contribution in [3.8, 4) is 0 Å². The maximum absolute atomic E-state index is 3.61. The molecule has 1 aliphatic heterocycles. The number of hydrogen-bond donors (Lipinski definition) is 1. The number of nitrogens with one attached hydrogen (secondary N) is 1. The van der Waals surface area contributed by atoms with Crippen LogP contribution in [-0.4, -0.2) is 37.1 Å². The zero-order chi connectivity index (χ0) is 14.9. The van der Waals surface area contributed by atoms with Gasteiger partial charge in [0.15, 0.2) is 0 Å². The molecular formula is C18H36N2. The molecule has 0 spiro atoms. The number of likely N-dealkylation sites (N-methyl/N-ethyl adjacent to an activating group) is 1. The van der Waals surface area contributed by atoms with Crippen molar-refractivity contribution in [2.75, 3.05) is 20.1 Å². The summed E-state index contributed by atoms with van der Waals surface area (Å²) in [6.07, 6.45) is 5.46. The Labute approximate surface area is 126 Å². The molecule has 0 amide bonds. The third kappa shape index (κ3) is 3.22. The van der Waals surface area contributed by atoms with Crippen molar-refractivity contribution in [2.45, 2.75) is 72.4 Å². The van der Waals surface area contributed by atoms with Gasteiger partial charge in [-0.05, 0) is 49.5 Å². The van der Waals surface area contributed by atoms with Crippen LogP contribution >= 0.6 is 0 Å². The van der Waals surface area contributed by atoms with E-state index in [1.807, 2.05) is 0 Å². The minimum absolute atomic E-state index is 0.508. The van der Waals surface area contributed by atoms with E-state index in [4.69, 9.17) is 0 Å². The fourth-order valence-corrected chi connectivity index (χ4v) is 4.33. The predicted molar refractivity (Wildman–Crippen MR) is 87.9 cm³/mol. The molecule has 1 saturated carbocycles. The summed E-state index contributed by atoms with van der Waals surface area (Å²) < 4.78 is 0. The molecule has 2 aliphatic rings. The highest BCUT2D eigenvalue weighted by Crippen LogP contribution is 2.42. The van der Waals surface area contributed by atoms with Gasteiger partial charge >= 0.3 is 0 Å². The summed E-state index contributed by atoms with van der Waals surface area (Å²) in [4.78, 5) is 2.80. The minimum atomic E-state index is 0.508. The summed E-state index contributed by atoms with van der Waals surface area (Å²) in [5.74, 6) is 2.63. The van der Waals surface area contributed by atoms with Crippen molar-refractivity contribution in [2.24, 2.45) is 23.2 Å². The molecular weight excluding hydrogens is 244 g/mol. The van der Waals surface area contributed by atoms with E-state index in [0.717, 1.165) is 23.8 Å². The zero-order valence-electron chi connectivity index (χ0n) is 14.6. The van der Waals surface area contributed by atoms with Gasteiger partial charge in [0.1, 0.15) is 0 Å². The number of likely N-dealkylation sites (tertiary alicyclic amines) is 1. The summed E-state index contributed by atoms with van der Waals surface area (Å²) in [5.41, 5.74) is 0.508. The number of nitrogens with zero attached hydrogens (tertiary/aromatic N) is 1. The lowest BCUT2D eigenvalue weighted by molar-refractivity contribution is 0.0611. The second-order valence-electron chi connectivity index (χ2n) is 8.22. The molecule has 2 fully saturated rings. The molecule has 5 atom stereocenters. The SMILES string of the molecule is CCC(C)(C)C1CCC(NC)C(N2CC(C)C(C)C2)C1. The molecule has 0 aromatic carbocycles. The fraction of sp³-hybridized carbons (Fsp3) is 1.00. The van der Waals surface area contributed by atoms with E-state index >= 15 is 0 Å². The number of hydrogen-bond acceptors (Lipinski definition) is 2. The van der Waals surface area contributed by atoms with Crippen LogP contribution in [0.2, 0.25) is 0 Å². The normalized spacial score (nSPS) is 40.2. The standard InChI is InChI=1S/C18H36N2/c1-7-18(4,5)15-8-9-16(19-6)17(10-15)20-11-13(2)14(3)12-20/h13-17,19H,7-12H2,1-6H3. The molecule has 5 unspecified atom stereocenters.